The van der Waals surface area contributed by atoms with Crippen molar-refractivity contribution in [3.05, 3.63) is 35.9 Å². The number of methoxy groups -OCH3 is 1. The first kappa shape index (κ1) is 13.7. The smallest absolute Gasteiger partial charge is 0.452 e. The van der Waals surface area contributed by atoms with E-state index in [1.807, 2.05) is 0 Å². The second kappa shape index (κ2) is 5.08. The largest absolute Gasteiger partial charge is 0.497 e. The summed E-state index contributed by atoms with van der Waals surface area (Å²) < 4.78 is 44.3. The van der Waals surface area contributed by atoms with Crippen molar-refractivity contribution in [3.63, 3.8) is 0 Å². The van der Waals surface area contributed by atoms with Crippen molar-refractivity contribution < 1.29 is 17.9 Å². The molecule has 4 nitrogen and oxygen atoms in total. The van der Waals surface area contributed by atoms with Gasteiger partial charge in [0.2, 0.25) is 5.82 Å². The summed E-state index contributed by atoms with van der Waals surface area (Å²) in [4.78, 5) is 0. The van der Waals surface area contributed by atoms with Crippen LogP contribution >= 0.6 is 11.6 Å². The molecule has 0 unspecified atom stereocenters. The van der Waals surface area contributed by atoms with Crippen LogP contribution in [0.3, 0.4) is 0 Å². The highest BCUT2D eigenvalue weighted by molar-refractivity contribution is 6.16. The van der Waals surface area contributed by atoms with Gasteiger partial charge in [0, 0.05) is 5.69 Å². The third-order valence-corrected chi connectivity index (χ3v) is 2.67. The van der Waals surface area contributed by atoms with E-state index < -0.39 is 12.0 Å². The molecule has 1 heterocycles. The Morgan fingerprint density at radius 1 is 1.21 bits per heavy atom. The van der Waals surface area contributed by atoms with E-state index in [1.54, 1.807) is 12.1 Å². The zero-order valence-electron chi connectivity index (χ0n) is 9.78. The van der Waals surface area contributed by atoms with E-state index in [2.05, 4.69) is 10.2 Å². The molecule has 0 N–H and O–H groups in total. The van der Waals surface area contributed by atoms with Gasteiger partial charge in [0.25, 0.3) is 0 Å². The summed E-state index contributed by atoms with van der Waals surface area (Å²) in [5.74, 6) is -0.708. The van der Waals surface area contributed by atoms with Gasteiger partial charge < -0.3 is 4.74 Å². The third-order valence-electron chi connectivity index (χ3n) is 2.43. The maximum absolute atomic E-state index is 12.8. The molecular weight excluding hydrogens is 283 g/mol. The van der Waals surface area contributed by atoms with Crippen molar-refractivity contribution >= 4 is 11.6 Å². The highest BCUT2D eigenvalue weighted by atomic mass is 35.5. The Labute approximate surface area is 111 Å². The summed E-state index contributed by atoms with van der Waals surface area (Å²) in [5.41, 5.74) is 0.272. The second-order valence-electron chi connectivity index (χ2n) is 3.60. The lowest BCUT2D eigenvalue weighted by molar-refractivity contribution is -0.146. The number of ether oxygens (including phenoxy) is 1. The van der Waals surface area contributed by atoms with Crippen LogP contribution in [0.5, 0.6) is 5.75 Å². The molecule has 8 heteroatoms. The normalized spacial score (nSPS) is 11.6. The lowest BCUT2D eigenvalue weighted by Gasteiger charge is -2.11. The molecule has 0 saturated heterocycles. The molecule has 19 heavy (non-hydrogen) atoms. The number of nitrogens with zero attached hydrogens (tertiary/aromatic N) is 3. The number of halogens is 4. The Morgan fingerprint density at radius 3 is 2.32 bits per heavy atom. The van der Waals surface area contributed by atoms with Crippen LogP contribution in [0.4, 0.5) is 13.2 Å². The molecule has 0 atom stereocenters. The number of hydrogen-bond donors (Lipinski definition) is 0. The summed E-state index contributed by atoms with van der Waals surface area (Å²) >= 11 is 5.59. The molecule has 2 aromatic rings. The molecule has 0 amide bonds. The van der Waals surface area contributed by atoms with Crippen LogP contribution < -0.4 is 4.74 Å². The minimum absolute atomic E-state index is 0.0270. The lowest BCUT2D eigenvalue weighted by atomic mass is 10.3. The van der Waals surface area contributed by atoms with Crippen LogP contribution in [-0.2, 0) is 12.1 Å². The summed E-state index contributed by atoms with van der Waals surface area (Å²) in [6, 6.07) is 6.06. The van der Waals surface area contributed by atoms with Crippen LogP contribution in [0.2, 0.25) is 0 Å². The van der Waals surface area contributed by atoms with Crippen LogP contribution in [0.1, 0.15) is 11.6 Å². The standard InChI is InChI=1S/C11H9ClF3N3O/c1-19-8-4-2-7(3-5-8)18-9(6-12)16-17-10(18)11(13,14)15/h2-5H,6H2,1H3. The first-order valence-corrected chi connectivity index (χ1v) is 5.72. The highest BCUT2D eigenvalue weighted by Crippen LogP contribution is 2.31. The van der Waals surface area contributed by atoms with Crippen LogP contribution in [0.25, 0.3) is 5.69 Å². The second-order valence-corrected chi connectivity index (χ2v) is 3.87. The maximum Gasteiger partial charge on any atom is 0.452 e. The van der Waals surface area contributed by atoms with Crippen LogP contribution in [0, 0.1) is 0 Å². The Hall–Kier alpha value is -1.76. The zero-order valence-corrected chi connectivity index (χ0v) is 10.5. The Balaban J connectivity index is 2.55. The number of hydrogen-bond acceptors (Lipinski definition) is 3. The van der Waals surface area contributed by atoms with E-state index in [4.69, 9.17) is 16.3 Å². The molecule has 0 aliphatic heterocycles. The van der Waals surface area contributed by atoms with E-state index in [0.717, 1.165) is 4.57 Å². The minimum atomic E-state index is -4.60. The summed E-state index contributed by atoms with van der Waals surface area (Å²) in [6.07, 6.45) is -4.60. The van der Waals surface area contributed by atoms with Gasteiger partial charge in [-0.1, -0.05) is 0 Å². The Bertz CT molecular complexity index is 566. The first-order chi connectivity index (χ1) is 8.97. The average molecular weight is 292 g/mol. The molecular formula is C11H9ClF3N3O. The molecule has 0 aliphatic carbocycles. The molecule has 1 aromatic heterocycles. The molecule has 1 aromatic carbocycles. The molecule has 0 saturated carbocycles. The van der Waals surface area contributed by atoms with Gasteiger partial charge in [-0.3, -0.25) is 4.57 Å². The number of alkyl halides is 4. The zero-order chi connectivity index (χ0) is 14.0. The minimum Gasteiger partial charge on any atom is -0.497 e. The average Bonchev–Trinajstić information content (AvgIpc) is 2.82. The van der Waals surface area contributed by atoms with Crippen molar-refractivity contribution in [1.29, 1.82) is 0 Å². The van der Waals surface area contributed by atoms with Gasteiger partial charge in [-0.25, -0.2) is 0 Å². The predicted molar refractivity (Wildman–Crippen MR) is 62.5 cm³/mol. The number of benzene rings is 1. The summed E-state index contributed by atoms with van der Waals surface area (Å²) in [7, 11) is 1.47. The first-order valence-electron chi connectivity index (χ1n) is 5.19. The molecule has 0 aliphatic rings. The number of rotatable bonds is 3. The fourth-order valence-corrected chi connectivity index (χ4v) is 1.76. The fraction of sp³-hybridized carbons (Fsp3) is 0.273. The van der Waals surface area contributed by atoms with E-state index in [1.165, 1.54) is 19.2 Å². The van der Waals surface area contributed by atoms with Gasteiger partial charge >= 0.3 is 6.18 Å². The summed E-state index contributed by atoms with van der Waals surface area (Å²) in [5, 5.41) is 6.60. The van der Waals surface area contributed by atoms with Crippen molar-refractivity contribution in [2.75, 3.05) is 7.11 Å². The van der Waals surface area contributed by atoms with Gasteiger partial charge in [0.15, 0.2) is 5.82 Å². The SMILES string of the molecule is COc1ccc(-n2c(CCl)nnc2C(F)(F)F)cc1. The topological polar surface area (TPSA) is 39.9 Å². The molecule has 2 rings (SSSR count). The van der Waals surface area contributed by atoms with Crippen LogP contribution in [0.15, 0.2) is 24.3 Å². The summed E-state index contributed by atoms with van der Waals surface area (Å²) in [6.45, 7) is 0. The van der Waals surface area contributed by atoms with Gasteiger partial charge in [-0.2, -0.15) is 13.2 Å². The van der Waals surface area contributed by atoms with Crippen molar-refractivity contribution in [2.24, 2.45) is 0 Å². The Morgan fingerprint density at radius 2 is 1.84 bits per heavy atom. The Kier molecular flexibility index (Phi) is 3.66. The molecule has 0 fully saturated rings. The van der Waals surface area contributed by atoms with E-state index in [9.17, 15) is 13.2 Å². The third kappa shape index (κ3) is 2.65. The molecule has 0 spiro atoms. The predicted octanol–water partition coefficient (Wildman–Crippen LogP) is 3.03. The van der Waals surface area contributed by atoms with Gasteiger partial charge in [0.1, 0.15) is 5.75 Å². The fourth-order valence-electron chi connectivity index (χ4n) is 1.59. The molecule has 0 bridgehead atoms. The molecule has 102 valence electrons. The molecule has 0 radical (unpaired) electrons. The van der Waals surface area contributed by atoms with Crippen molar-refractivity contribution in [1.82, 2.24) is 14.8 Å². The highest BCUT2D eigenvalue weighted by Gasteiger charge is 2.38. The van der Waals surface area contributed by atoms with Gasteiger partial charge in [-0.05, 0) is 24.3 Å². The van der Waals surface area contributed by atoms with Crippen molar-refractivity contribution in [3.8, 4) is 11.4 Å². The lowest BCUT2D eigenvalue weighted by Crippen LogP contribution is -2.15. The maximum atomic E-state index is 12.8. The number of aromatic nitrogens is 3. The van der Waals surface area contributed by atoms with Gasteiger partial charge in [0.05, 0.1) is 13.0 Å². The van der Waals surface area contributed by atoms with Crippen LogP contribution in [-0.4, -0.2) is 21.9 Å². The quantitative estimate of drug-likeness (QED) is 0.816. The van der Waals surface area contributed by atoms with E-state index >= 15 is 0 Å². The van der Waals surface area contributed by atoms with E-state index in [-0.39, 0.29) is 17.4 Å². The van der Waals surface area contributed by atoms with E-state index in [0.29, 0.717) is 5.75 Å². The monoisotopic (exact) mass is 291 g/mol. The van der Waals surface area contributed by atoms with Crippen molar-refractivity contribution in [2.45, 2.75) is 12.1 Å². The van der Waals surface area contributed by atoms with Gasteiger partial charge in [-0.15, -0.1) is 21.8 Å².